The quantitative estimate of drug-likeness (QED) is 0.633. The van der Waals surface area contributed by atoms with Crippen molar-refractivity contribution in [2.45, 2.75) is 24.7 Å². The normalized spacial score (nSPS) is 11.6. The number of hydrogen-bond acceptors (Lipinski definition) is 4. The number of hydrogen-bond donors (Lipinski definition) is 1. The fraction of sp³-hybridized carbons (Fsp3) is 0.158. The molecule has 0 spiro atoms. The molecule has 3 rings (SSSR count). The Kier molecular flexibility index (Phi) is 6.00. The Labute approximate surface area is 155 Å². The SMILES string of the molecule is O=S(=O)(NCc1cccc(COCc2ccco2)c1)c1cc(F)ccc1F. The first-order valence-electron chi connectivity index (χ1n) is 8.07. The van der Waals surface area contributed by atoms with Crippen molar-refractivity contribution in [1.82, 2.24) is 4.72 Å². The molecule has 0 aliphatic carbocycles. The van der Waals surface area contributed by atoms with Crippen LogP contribution in [0.25, 0.3) is 0 Å². The van der Waals surface area contributed by atoms with Gasteiger partial charge >= 0.3 is 0 Å². The van der Waals surface area contributed by atoms with Crippen LogP contribution in [0, 0.1) is 11.6 Å². The summed E-state index contributed by atoms with van der Waals surface area (Å²) in [6, 6.07) is 13.0. The molecule has 3 aromatic rings. The first-order valence-corrected chi connectivity index (χ1v) is 9.55. The number of ether oxygens (including phenoxy) is 1. The highest BCUT2D eigenvalue weighted by Gasteiger charge is 2.19. The minimum absolute atomic E-state index is 0.0652. The van der Waals surface area contributed by atoms with Gasteiger partial charge in [0, 0.05) is 6.54 Å². The minimum atomic E-state index is -4.18. The van der Waals surface area contributed by atoms with Crippen molar-refractivity contribution in [2.24, 2.45) is 0 Å². The molecule has 8 heteroatoms. The third kappa shape index (κ3) is 5.22. The van der Waals surface area contributed by atoms with Gasteiger partial charge < -0.3 is 9.15 Å². The van der Waals surface area contributed by atoms with Gasteiger partial charge in [-0.2, -0.15) is 0 Å². The van der Waals surface area contributed by atoms with Crippen molar-refractivity contribution in [1.29, 1.82) is 0 Å². The maximum Gasteiger partial charge on any atom is 0.243 e. The molecule has 1 aromatic heterocycles. The second-order valence-electron chi connectivity index (χ2n) is 5.79. The molecule has 0 unspecified atom stereocenters. The predicted molar refractivity (Wildman–Crippen MR) is 94.0 cm³/mol. The number of halogens is 2. The Morgan fingerprint density at radius 3 is 2.56 bits per heavy atom. The molecule has 0 aliphatic rings. The molecule has 0 saturated carbocycles. The van der Waals surface area contributed by atoms with Gasteiger partial charge in [0.25, 0.3) is 0 Å². The average Bonchev–Trinajstić information content (AvgIpc) is 3.16. The summed E-state index contributed by atoms with van der Waals surface area (Å²) >= 11 is 0. The first-order chi connectivity index (χ1) is 12.9. The predicted octanol–water partition coefficient (Wildman–Crippen LogP) is 3.75. The summed E-state index contributed by atoms with van der Waals surface area (Å²) in [4.78, 5) is -0.722. The summed E-state index contributed by atoms with van der Waals surface area (Å²) in [5, 5.41) is 0. The second kappa shape index (κ2) is 8.43. The summed E-state index contributed by atoms with van der Waals surface area (Å²) in [5.74, 6) is -1.13. The van der Waals surface area contributed by atoms with Crippen LogP contribution in [0.1, 0.15) is 16.9 Å². The Hall–Kier alpha value is -2.55. The molecule has 0 radical (unpaired) electrons. The zero-order valence-corrected chi connectivity index (χ0v) is 15.0. The molecule has 5 nitrogen and oxygen atoms in total. The Morgan fingerprint density at radius 1 is 0.963 bits per heavy atom. The van der Waals surface area contributed by atoms with Crippen molar-refractivity contribution < 1.29 is 26.4 Å². The Balaban J connectivity index is 1.61. The lowest BCUT2D eigenvalue weighted by atomic mass is 10.1. The smallest absolute Gasteiger partial charge is 0.243 e. The number of rotatable bonds is 8. The van der Waals surface area contributed by atoms with Crippen molar-refractivity contribution in [3.63, 3.8) is 0 Å². The van der Waals surface area contributed by atoms with Crippen LogP contribution >= 0.6 is 0 Å². The van der Waals surface area contributed by atoms with Gasteiger partial charge in [0.05, 0.1) is 12.9 Å². The topological polar surface area (TPSA) is 68.5 Å². The first kappa shape index (κ1) is 19.2. The maximum absolute atomic E-state index is 13.7. The lowest BCUT2D eigenvalue weighted by Crippen LogP contribution is -2.24. The molecule has 0 amide bonds. The van der Waals surface area contributed by atoms with Gasteiger partial charge in [-0.25, -0.2) is 21.9 Å². The average molecular weight is 393 g/mol. The van der Waals surface area contributed by atoms with E-state index in [4.69, 9.17) is 9.15 Å². The standard InChI is InChI=1S/C19H17F2NO4S/c20-16-6-7-18(21)19(10-16)27(23,24)22-11-14-3-1-4-15(9-14)12-25-13-17-5-2-8-26-17/h1-10,22H,11-13H2. The van der Waals surface area contributed by atoms with Gasteiger partial charge in [0.15, 0.2) is 0 Å². The van der Waals surface area contributed by atoms with Crippen molar-refractivity contribution >= 4 is 10.0 Å². The lowest BCUT2D eigenvalue weighted by molar-refractivity contribution is 0.0929. The molecule has 0 saturated heterocycles. The Bertz CT molecular complexity index is 1000. The van der Waals surface area contributed by atoms with Crippen LogP contribution in [-0.4, -0.2) is 8.42 Å². The van der Waals surface area contributed by atoms with Gasteiger partial charge in [-0.1, -0.05) is 24.3 Å². The van der Waals surface area contributed by atoms with E-state index in [-0.39, 0.29) is 6.54 Å². The number of sulfonamides is 1. The largest absolute Gasteiger partial charge is 0.467 e. The number of nitrogens with one attached hydrogen (secondary N) is 1. The van der Waals surface area contributed by atoms with Gasteiger partial charge in [0.2, 0.25) is 10.0 Å². The molecular formula is C19H17F2NO4S. The zero-order valence-electron chi connectivity index (χ0n) is 14.2. The van der Waals surface area contributed by atoms with Crippen molar-refractivity contribution in [3.8, 4) is 0 Å². The van der Waals surface area contributed by atoms with E-state index in [1.807, 2.05) is 6.07 Å². The molecule has 0 atom stereocenters. The molecule has 0 aliphatic heterocycles. The van der Waals surface area contributed by atoms with E-state index < -0.39 is 26.6 Å². The number of benzene rings is 2. The summed E-state index contributed by atoms with van der Waals surface area (Å²) < 4.78 is 64.3. The van der Waals surface area contributed by atoms with Gasteiger partial charge in [-0.3, -0.25) is 0 Å². The van der Waals surface area contributed by atoms with Crippen LogP contribution in [0.4, 0.5) is 8.78 Å². The van der Waals surface area contributed by atoms with E-state index in [1.54, 1.807) is 36.6 Å². The van der Waals surface area contributed by atoms with Crippen LogP contribution in [0.3, 0.4) is 0 Å². The highest BCUT2D eigenvalue weighted by atomic mass is 32.2. The summed E-state index contributed by atoms with van der Waals surface area (Å²) in [6.07, 6.45) is 1.56. The highest BCUT2D eigenvalue weighted by Crippen LogP contribution is 2.16. The molecule has 1 heterocycles. The van der Waals surface area contributed by atoms with Crippen LogP contribution in [0.15, 0.2) is 70.2 Å². The van der Waals surface area contributed by atoms with Gasteiger partial charge in [-0.05, 0) is 41.5 Å². The van der Waals surface area contributed by atoms with Gasteiger partial charge in [-0.15, -0.1) is 0 Å². The van der Waals surface area contributed by atoms with E-state index >= 15 is 0 Å². The third-order valence-electron chi connectivity index (χ3n) is 3.73. The Morgan fingerprint density at radius 2 is 1.78 bits per heavy atom. The molecule has 142 valence electrons. The van der Waals surface area contributed by atoms with Crippen LogP contribution in [0.2, 0.25) is 0 Å². The maximum atomic E-state index is 13.7. The molecule has 0 fully saturated rings. The summed E-state index contributed by atoms with van der Waals surface area (Å²) in [5.41, 5.74) is 1.50. The van der Waals surface area contributed by atoms with E-state index in [9.17, 15) is 17.2 Å². The highest BCUT2D eigenvalue weighted by molar-refractivity contribution is 7.89. The van der Waals surface area contributed by atoms with E-state index in [1.165, 1.54) is 0 Å². The van der Waals surface area contributed by atoms with Crippen LogP contribution < -0.4 is 4.72 Å². The second-order valence-corrected chi connectivity index (χ2v) is 7.53. The summed E-state index contributed by atoms with van der Waals surface area (Å²) in [6.45, 7) is 0.576. The van der Waals surface area contributed by atoms with Gasteiger partial charge in [0.1, 0.15) is 28.9 Å². The van der Waals surface area contributed by atoms with Crippen LogP contribution in [-0.2, 0) is 34.5 Å². The van der Waals surface area contributed by atoms with E-state index in [0.29, 0.717) is 30.6 Å². The third-order valence-corrected chi connectivity index (χ3v) is 5.15. The molecule has 27 heavy (non-hydrogen) atoms. The fourth-order valence-corrected chi connectivity index (χ4v) is 3.54. The van der Waals surface area contributed by atoms with E-state index in [2.05, 4.69) is 4.72 Å². The molecular weight excluding hydrogens is 376 g/mol. The molecule has 1 N–H and O–H groups in total. The molecule has 0 bridgehead atoms. The van der Waals surface area contributed by atoms with Crippen molar-refractivity contribution in [2.75, 3.05) is 0 Å². The zero-order chi connectivity index (χ0) is 19.3. The summed E-state index contributed by atoms with van der Waals surface area (Å²) in [7, 11) is -4.18. The lowest BCUT2D eigenvalue weighted by Gasteiger charge is -2.09. The van der Waals surface area contributed by atoms with Crippen LogP contribution in [0.5, 0.6) is 0 Å². The fourth-order valence-electron chi connectivity index (χ4n) is 2.43. The molecule has 2 aromatic carbocycles. The van der Waals surface area contributed by atoms with Crippen molar-refractivity contribution in [3.05, 3.63) is 89.4 Å². The number of furan rings is 1. The monoisotopic (exact) mass is 393 g/mol. The minimum Gasteiger partial charge on any atom is -0.467 e. The van der Waals surface area contributed by atoms with E-state index in [0.717, 1.165) is 17.7 Å².